The monoisotopic (exact) mass is 469 g/mol. The molecule has 3 amide bonds. The second kappa shape index (κ2) is 13.3. The number of carboxylic acids is 1. The predicted molar refractivity (Wildman–Crippen MR) is 116 cm³/mol. The van der Waals surface area contributed by atoms with Crippen molar-refractivity contribution >= 4 is 41.3 Å². The second-order valence-corrected chi connectivity index (χ2v) is 7.68. The summed E-state index contributed by atoms with van der Waals surface area (Å²) < 4.78 is 5.12. The molecule has 32 heavy (non-hydrogen) atoms. The molecular formula is C21H28ClN3O7. The molecule has 0 heterocycles. The minimum absolute atomic E-state index is 0.0253. The fourth-order valence-corrected chi connectivity index (χ4v) is 2.79. The Kier molecular flexibility index (Phi) is 11.2. The lowest BCUT2D eigenvalue weighted by Gasteiger charge is -2.24. The van der Waals surface area contributed by atoms with E-state index < -0.39 is 60.1 Å². The Morgan fingerprint density at radius 3 is 2.12 bits per heavy atom. The fraction of sp³-hybridized carbons (Fsp3) is 0.476. The number of benzene rings is 1. The van der Waals surface area contributed by atoms with Crippen LogP contribution in [0.2, 0.25) is 0 Å². The fourth-order valence-electron chi connectivity index (χ4n) is 2.61. The number of carbonyl (C=O) groups is 5. The van der Waals surface area contributed by atoms with Gasteiger partial charge in [-0.15, -0.1) is 11.6 Å². The van der Waals surface area contributed by atoms with Crippen molar-refractivity contribution in [2.45, 2.75) is 51.9 Å². The first kappa shape index (κ1) is 26.9. The summed E-state index contributed by atoms with van der Waals surface area (Å²) in [5.41, 5.74) is 0.779. The number of carbonyl (C=O) groups excluding carboxylic acids is 4. The zero-order valence-electron chi connectivity index (χ0n) is 18.1. The predicted octanol–water partition coefficient (Wildman–Crippen LogP) is 1.21. The molecule has 10 nitrogen and oxygen atoms in total. The van der Waals surface area contributed by atoms with E-state index >= 15 is 0 Å². The number of halogens is 1. The van der Waals surface area contributed by atoms with Gasteiger partial charge in [0.05, 0.1) is 18.3 Å². The molecule has 4 N–H and O–H groups in total. The lowest BCUT2D eigenvalue weighted by Crippen LogP contribution is -2.56. The van der Waals surface area contributed by atoms with Crippen LogP contribution >= 0.6 is 11.6 Å². The number of ketones is 1. The van der Waals surface area contributed by atoms with Gasteiger partial charge >= 0.3 is 12.1 Å². The van der Waals surface area contributed by atoms with Crippen LogP contribution in [0.15, 0.2) is 30.3 Å². The summed E-state index contributed by atoms with van der Waals surface area (Å²) >= 11 is 5.45. The first-order valence-corrected chi connectivity index (χ1v) is 10.5. The minimum Gasteiger partial charge on any atom is -0.481 e. The summed E-state index contributed by atoms with van der Waals surface area (Å²) in [4.78, 5) is 59.7. The molecule has 0 aliphatic rings. The molecule has 0 aliphatic carbocycles. The highest BCUT2D eigenvalue weighted by molar-refractivity contribution is 6.28. The highest BCUT2D eigenvalue weighted by Crippen LogP contribution is 2.06. The molecule has 0 unspecified atom stereocenters. The lowest BCUT2D eigenvalue weighted by atomic mass is 10.0. The minimum atomic E-state index is -1.32. The molecule has 0 bridgehead atoms. The Labute approximate surface area is 191 Å². The molecule has 1 rings (SSSR count). The molecule has 1 aromatic rings. The number of hydrogen-bond donors (Lipinski definition) is 4. The number of rotatable bonds is 12. The van der Waals surface area contributed by atoms with Gasteiger partial charge in [0.1, 0.15) is 18.7 Å². The SMILES string of the molecule is CC(C)[C@H](NC(=O)OCc1ccccc1)C(=O)N[C@@H](C)C(=O)N[C@@H](CC(=O)O)C(=O)CCl. The number of carboxylic acid groups (broad SMARTS) is 1. The summed E-state index contributed by atoms with van der Waals surface area (Å²) in [6.45, 7) is 4.79. The Bertz CT molecular complexity index is 817. The standard InChI is InChI=1S/C21H28ClN3O7/c1-12(2)18(25-21(31)32-11-14-7-5-4-6-8-14)20(30)23-13(3)19(29)24-15(9-17(27)28)16(26)10-22/h4-8,12-13,15,18H,9-11H2,1-3H3,(H,23,30)(H,24,29)(H,25,31)(H,27,28)/t13-,15-,18-/m0/s1. The molecule has 0 aliphatic heterocycles. The van der Waals surface area contributed by atoms with Crippen molar-refractivity contribution < 1.29 is 33.8 Å². The second-order valence-electron chi connectivity index (χ2n) is 7.42. The third-order valence-corrected chi connectivity index (χ3v) is 4.67. The number of Topliss-reactive ketones (excluding diaryl/α,β-unsaturated/α-hetero) is 1. The van der Waals surface area contributed by atoms with Crippen LogP contribution in [-0.4, -0.2) is 58.8 Å². The van der Waals surface area contributed by atoms with Crippen LogP contribution in [0.5, 0.6) is 0 Å². The smallest absolute Gasteiger partial charge is 0.408 e. The average Bonchev–Trinajstić information content (AvgIpc) is 2.74. The van der Waals surface area contributed by atoms with Gasteiger partial charge in [-0.1, -0.05) is 44.2 Å². The van der Waals surface area contributed by atoms with E-state index in [-0.39, 0.29) is 12.5 Å². The molecule has 0 aromatic heterocycles. The van der Waals surface area contributed by atoms with Gasteiger partial charge in [0.15, 0.2) is 5.78 Å². The first-order valence-electron chi connectivity index (χ1n) is 9.93. The van der Waals surface area contributed by atoms with Crippen molar-refractivity contribution in [1.82, 2.24) is 16.0 Å². The van der Waals surface area contributed by atoms with E-state index in [1.807, 2.05) is 6.07 Å². The van der Waals surface area contributed by atoms with Gasteiger partial charge in [0, 0.05) is 0 Å². The van der Waals surface area contributed by atoms with Gasteiger partial charge in [-0.05, 0) is 18.4 Å². The van der Waals surface area contributed by atoms with Crippen LogP contribution in [0.3, 0.4) is 0 Å². The maximum Gasteiger partial charge on any atom is 0.408 e. The lowest BCUT2D eigenvalue weighted by molar-refractivity contribution is -0.140. The number of aliphatic carboxylic acids is 1. The number of alkyl carbamates (subject to hydrolysis) is 1. The third-order valence-electron chi connectivity index (χ3n) is 4.40. The molecule has 11 heteroatoms. The van der Waals surface area contributed by atoms with E-state index in [4.69, 9.17) is 21.4 Å². The van der Waals surface area contributed by atoms with Crippen LogP contribution in [0.25, 0.3) is 0 Å². The van der Waals surface area contributed by atoms with Gasteiger partial charge < -0.3 is 25.8 Å². The summed E-state index contributed by atoms with van der Waals surface area (Å²) in [6.07, 6.45) is -1.43. The van der Waals surface area contributed by atoms with Crippen molar-refractivity contribution in [3.63, 3.8) is 0 Å². The number of hydrogen-bond acceptors (Lipinski definition) is 6. The van der Waals surface area contributed by atoms with Crippen molar-refractivity contribution in [3.8, 4) is 0 Å². The Hall–Kier alpha value is -3.14. The van der Waals surface area contributed by atoms with E-state index in [2.05, 4.69) is 16.0 Å². The first-order chi connectivity index (χ1) is 15.0. The van der Waals surface area contributed by atoms with Gasteiger partial charge in [0.25, 0.3) is 0 Å². The largest absolute Gasteiger partial charge is 0.481 e. The highest BCUT2D eigenvalue weighted by Gasteiger charge is 2.29. The molecular weight excluding hydrogens is 442 g/mol. The number of ether oxygens (including phenoxy) is 1. The van der Waals surface area contributed by atoms with Gasteiger partial charge in [-0.25, -0.2) is 4.79 Å². The van der Waals surface area contributed by atoms with Crippen LogP contribution in [0, 0.1) is 5.92 Å². The maximum atomic E-state index is 12.6. The normalized spacial score (nSPS) is 13.4. The van der Waals surface area contributed by atoms with Crippen LogP contribution in [0.1, 0.15) is 32.8 Å². The average molecular weight is 470 g/mol. The molecule has 1 aromatic carbocycles. The number of amides is 3. The summed E-state index contributed by atoms with van der Waals surface area (Å²) in [5, 5.41) is 16.1. The van der Waals surface area contributed by atoms with Gasteiger partial charge in [0.2, 0.25) is 11.8 Å². The Balaban J connectivity index is 2.67. The summed E-state index contributed by atoms with van der Waals surface area (Å²) in [5.74, 6) is -4.15. The quantitative estimate of drug-likeness (QED) is 0.336. The highest BCUT2D eigenvalue weighted by atomic mass is 35.5. The molecule has 0 fully saturated rings. The number of alkyl halides is 1. The van der Waals surface area contributed by atoms with Gasteiger partial charge in [-0.3, -0.25) is 19.2 Å². The Morgan fingerprint density at radius 1 is 0.969 bits per heavy atom. The maximum absolute atomic E-state index is 12.6. The molecule has 0 radical (unpaired) electrons. The molecule has 0 saturated heterocycles. The van der Waals surface area contributed by atoms with Crippen molar-refractivity contribution in [2.75, 3.05) is 5.88 Å². The van der Waals surface area contributed by atoms with Crippen molar-refractivity contribution in [3.05, 3.63) is 35.9 Å². The van der Waals surface area contributed by atoms with Crippen molar-refractivity contribution in [2.24, 2.45) is 5.92 Å². The Morgan fingerprint density at radius 2 is 1.59 bits per heavy atom. The molecule has 0 saturated carbocycles. The van der Waals surface area contributed by atoms with E-state index in [1.165, 1.54) is 6.92 Å². The van der Waals surface area contributed by atoms with E-state index in [0.29, 0.717) is 0 Å². The molecule has 3 atom stereocenters. The number of nitrogens with one attached hydrogen (secondary N) is 3. The summed E-state index contributed by atoms with van der Waals surface area (Å²) in [7, 11) is 0. The van der Waals surface area contributed by atoms with Gasteiger partial charge in [-0.2, -0.15) is 0 Å². The molecule has 176 valence electrons. The van der Waals surface area contributed by atoms with Crippen LogP contribution in [-0.2, 0) is 30.5 Å². The van der Waals surface area contributed by atoms with Crippen molar-refractivity contribution in [1.29, 1.82) is 0 Å². The summed E-state index contributed by atoms with van der Waals surface area (Å²) in [6, 6.07) is 5.58. The zero-order valence-corrected chi connectivity index (χ0v) is 18.8. The topological polar surface area (TPSA) is 151 Å². The van der Waals surface area contributed by atoms with Crippen LogP contribution in [0.4, 0.5) is 4.79 Å². The van der Waals surface area contributed by atoms with E-state index in [0.717, 1.165) is 5.56 Å². The van der Waals surface area contributed by atoms with E-state index in [1.54, 1.807) is 38.1 Å². The third kappa shape index (κ3) is 9.34. The van der Waals surface area contributed by atoms with E-state index in [9.17, 15) is 24.0 Å². The molecule has 0 spiro atoms. The van der Waals surface area contributed by atoms with Crippen LogP contribution < -0.4 is 16.0 Å². The zero-order chi connectivity index (χ0) is 24.3.